The number of nitrogens with one attached hydrogen (secondary N) is 1. The summed E-state index contributed by atoms with van der Waals surface area (Å²) in [6.45, 7) is 0. The molecule has 2 bridgehead atoms. The van der Waals surface area contributed by atoms with Crippen molar-refractivity contribution in [3.8, 4) is 0 Å². The molecule has 1 nitrogen and oxygen atoms in total. The Morgan fingerprint density at radius 1 is 1.37 bits per heavy atom. The Labute approximate surface area is 128 Å². The molecule has 19 heavy (non-hydrogen) atoms. The first-order valence-corrected chi connectivity index (χ1v) is 8.37. The molecule has 104 valence electrons. The van der Waals surface area contributed by atoms with Gasteiger partial charge in [0.1, 0.15) is 5.82 Å². The maximum atomic E-state index is 13.2. The van der Waals surface area contributed by atoms with Crippen LogP contribution in [0.3, 0.4) is 0 Å². The molecule has 0 amide bonds. The summed E-state index contributed by atoms with van der Waals surface area (Å²) in [4.78, 5) is 0. The molecular weight excluding hydrogens is 352 g/mol. The van der Waals surface area contributed by atoms with E-state index in [4.69, 9.17) is 0 Å². The summed E-state index contributed by atoms with van der Waals surface area (Å²) in [6.07, 6.45) is 6.98. The van der Waals surface area contributed by atoms with Crippen LogP contribution < -0.4 is 5.32 Å². The molecule has 4 unspecified atom stereocenters. The Bertz CT molecular complexity index is 462. The normalized spacial score (nSPS) is 30.8. The minimum absolute atomic E-state index is 0.136. The monoisotopic (exact) mass is 373 g/mol. The molecule has 0 saturated heterocycles. The van der Waals surface area contributed by atoms with Crippen LogP contribution in [0.25, 0.3) is 0 Å². The van der Waals surface area contributed by atoms with Crippen LogP contribution in [0.5, 0.6) is 0 Å². The maximum Gasteiger partial charge on any atom is 0.124 e. The van der Waals surface area contributed by atoms with E-state index in [-0.39, 0.29) is 5.82 Å². The van der Waals surface area contributed by atoms with Crippen LogP contribution in [0.15, 0.2) is 18.2 Å². The van der Waals surface area contributed by atoms with Gasteiger partial charge in [-0.3, -0.25) is 0 Å². The molecule has 3 heteroatoms. The summed E-state index contributed by atoms with van der Waals surface area (Å²) in [7, 11) is 2.03. The van der Waals surface area contributed by atoms with Gasteiger partial charge in [0, 0.05) is 9.61 Å². The summed E-state index contributed by atoms with van der Waals surface area (Å²) >= 11 is 2.25. The van der Waals surface area contributed by atoms with Gasteiger partial charge >= 0.3 is 0 Å². The Balaban J connectivity index is 1.73. The Morgan fingerprint density at radius 3 is 2.79 bits per heavy atom. The third-order valence-electron chi connectivity index (χ3n) is 5.11. The molecule has 0 heterocycles. The average Bonchev–Trinajstić information content (AvgIpc) is 2.99. The number of hydrogen-bond donors (Lipinski definition) is 1. The topological polar surface area (TPSA) is 12.0 Å². The highest BCUT2D eigenvalue weighted by atomic mass is 127. The Hall–Kier alpha value is -0.160. The van der Waals surface area contributed by atoms with Gasteiger partial charge < -0.3 is 5.32 Å². The van der Waals surface area contributed by atoms with Gasteiger partial charge in [-0.15, -0.1) is 0 Å². The molecule has 1 N–H and O–H groups in total. The van der Waals surface area contributed by atoms with Crippen LogP contribution in [0.2, 0.25) is 0 Å². The molecule has 0 aromatic heterocycles. The van der Waals surface area contributed by atoms with E-state index in [1.165, 1.54) is 37.7 Å². The number of rotatable bonds is 4. The van der Waals surface area contributed by atoms with Crippen LogP contribution in [0.1, 0.15) is 43.7 Å². The maximum absolute atomic E-state index is 13.2. The lowest BCUT2D eigenvalue weighted by Gasteiger charge is -2.27. The smallest absolute Gasteiger partial charge is 0.124 e. The molecule has 2 saturated carbocycles. The van der Waals surface area contributed by atoms with E-state index in [9.17, 15) is 4.39 Å². The fourth-order valence-corrected chi connectivity index (χ4v) is 5.01. The van der Waals surface area contributed by atoms with Gasteiger partial charge in [-0.1, -0.05) is 12.5 Å². The summed E-state index contributed by atoms with van der Waals surface area (Å²) in [6, 6.07) is 5.55. The van der Waals surface area contributed by atoms with Crippen LogP contribution in [-0.2, 0) is 0 Å². The molecule has 2 fully saturated rings. The standard InChI is InChI=1S/C16H21FIN/c1-19-16(14-5-4-13(17)9-15(14)18)8-12-7-10-2-3-11(12)6-10/h4-5,9-12,16,19H,2-3,6-8H2,1H3. The third kappa shape index (κ3) is 2.82. The number of hydrogen-bond acceptors (Lipinski definition) is 1. The van der Waals surface area contributed by atoms with Crippen molar-refractivity contribution >= 4 is 22.6 Å². The Morgan fingerprint density at radius 2 is 2.21 bits per heavy atom. The van der Waals surface area contributed by atoms with Crippen LogP contribution >= 0.6 is 22.6 Å². The van der Waals surface area contributed by atoms with E-state index < -0.39 is 0 Å². The first-order chi connectivity index (χ1) is 9.17. The highest BCUT2D eigenvalue weighted by Gasteiger charge is 2.40. The lowest BCUT2D eigenvalue weighted by Crippen LogP contribution is -2.23. The van der Waals surface area contributed by atoms with Gasteiger partial charge in [-0.2, -0.15) is 0 Å². The highest BCUT2D eigenvalue weighted by molar-refractivity contribution is 14.1. The molecule has 3 rings (SSSR count). The number of halogens is 2. The van der Waals surface area contributed by atoms with E-state index in [0.29, 0.717) is 6.04 Å². The lowest BCUT2D eigenvalue weighted by molar-refractivity contribution is 0.284. The average molecular weight is 373 g/mol. The van der Waals surface area contributed by atoms with Gasteiger partial charge in [0.25, 0.3) is 0 Å². The van der Waals surface area contributed by atoms with E-state index in [2.05, 4.69) is 27.9 Å². The zero-order chi connectivity index (χ0) is 13.4. The molecule has 2 aliphatic carbocycles. The SMILES string of the molecule is CNC(CC1CC2CCC1C2)c1ccc(F)cc1I. The van der Waals surface area contributed by atoms with Gasteiger partial charge in [0.2, 0.25) is 0 Å². The summed E-state index contributed by atoms with van der Waals surface area (Å²) in [5.74, 6) is 2.69. The fraction of sp³-hybridized carbons (Fsp3) is 0.625. The van der Waals surface area contributed by atoms with E-state index >= 15 is 0 Å². The zero-order valence-electron chi connectivity index (χ0n) is 11.3. The lowest BCUT2D eigenvalue weighted by atomic mass is 9.83. The minimum atomic E-state index is -0.136. The van der Waals surface area contributed by atoms with Crippen LogP contribution in [0.4, 0.5) is 4.39 Å². The Kier molecular flexibility index (Phi) is 4.13. The third-order valence-corrected chi connectivity index (χ3v) is 6.04. The van der Waals surface area contributed by atoms with Crippen molar-refractivity contribution in [1.29, 1.82) is 0 Å². The second-order valence-electron chi connectivity index (χ2n) is 6.18. The van der Waals surface area contributed by atoms with Gasteiger partial charge in [-0.25, -0.2) is 4.39 Å². The minimum Gasteiger partial charge on any atom is -0.313 e. The van der Waals surface area contributed by atoms with Crippen molar-refractivity contribution in [2.24, 2.45) is 17.8 Å². The van der Waals surface area contributed by atoms with Crippen LogP contribution in [-0.4, -0.2) is 7.05 Å². The quantitative estimate of drug-likeness (QED) is 0.766. The molecular formula is C16H21FIN. The van der Waals surface area contributed by atoms with Crippen molar-refractivity contribution in [2.75, 3.05) is 7.05 Å². The molecule has 0 radical (unpaired) electrons. The molecule has 0 spiro atoms. The van der Waals surface area contributed by atoms with Crippen molar-refractivity contribution in [3.05, 3.63) is 33.1 Å². The largest absolute Gasteiger partial charge is 0.313 e. The first-order valence-electron chi connectivity index (χ1n) is 7.29. The van der Waals surface area contributed by atoms with E-state index in [1.807, 2.05) is 13.1 Å². The first kappa shape index (κ1) is 13.8. The van der Waals surface area contributed by atoms with Crippen molar-refractivity contribution in [3.63, 3.8) is 0 Å². The second-order valence-corrected chi connectivity index (χ2v) is 7.34. The zero-order valence-corrected chi connectivity index (χ0v) is 13.5. The summed E-state index contributed by atoms with van der Waals surface area (Å²) in [5.41, 5.74) is 1.26. The predicted molar refractivity (Wildman–Crippen MR) is 84.5 cm³/mol. The molecule has 1 aromatic rings. The van der Waals surface area contributed by atoms with Gasteiger partial charge in [0.05, 0.1) is 0 Å². The molecule has 4 atom stereocenters. The van der Waals surface area contributed by atoms with Gasteiger partial charge in [-0.05, 0) is 90.8 Å². The predicted octanol–water partition coefficient (Wildman–Crippen LogP) is 4.52. The number of benzene rings is 1. The summed E-state index contributed by atoms with van der Waals surface area (Å²) < 4.78 is 14.3. The van der Waals surface area contributed by atoms with E-state index in [0.717, 1.165) is 21.3 Å². The van der Waals surface area contributed by atoms with E-state index in [1.54, 1.807) is 12.1 Å². The van der Waals surface area contributed by atoms with Gasteiger partial charge in [0.15, 0.2) is 0 Å². The number of fused-ring (bicyclic) bond motifs is 2. The van der Waals surface area contributed by atoms with Crippen molar-refractivity contribution in [2.45, 2.75) is 38.1 Å². The van der Waals surface area contributed by atoms with Crippen molar-refractivity contribution < 1.29 is 4.39 Å². The van der Waals surface area contributed by atoms with Crippen molar-refractivity contribution in [1.82, 2.24) is 5.32 Å². The summed E-state index contributed by atoms with van der Waals surface area (Å²) in [5, 5.41) is 3.44. The fourth-order valence-electron chi connectivity index (χ4n) is 4.15. The molecule has 0 aliphatic heterocycles. The second kappa shape index (κ2) is 5.68. The van der Waals surface area contributed by atoms with Crippen LogP contribution in [0, 0.1) is 27.1 Å². The highest BCUT2D eigenvalue weighted by Crippen LogP contribution is 2.51. The molecule has 1 aromatic carbocycles. The molecule has 2 aliphatic rings.